The number of Topliss-reactive ketones (excluding diaryl/α,β-unsaturated/α-hetero) is 1. The molecule has 0 amide bonds. The van der Waals surface area contributed by atoms with Crippen molar-refractivity contribution in [2.75, 3.05) is 13.1 Å². The van der Waals surface area contributed by atoms with Crippen molar-refractivity contribution < 1.29 is 14.6 Å². The number of carbonyl (C=O) groups is 1. The molecule has 2 bridgehead atoms. The lowest BCUT2D eigenvalue weighted by Gasteiger charge is -2.54. The number of benzene rings is 1. The van der Waals surface area contributed by atoms with Crippen LogP contribution < -0.4 is 4.74 Å². The summed E-state index contributed by atoms with van der Waals surface area (Å²) in [5, 5.41) is 10.3. The van der Waals surface area contributed by atoms with E-state index in [1.54, 1.807) is 6.07 Å². The van der Waals surface area contributed by atoms with Gasteiger partial charge >= 0.3 is 0 Å². The smallest absolute Gasteiger partial charge is 0.173 e. The summed E-state index contributed by atoms with van der Waals surface area (Å²) in [7, 11) is 0. The fourth-order valence-electron chi connectivity index (χ4n) is 5.33. The Labute approximate surface area is 143 Å². The molecular formula is C20H25NO3. The number of phenols is 1. The summed E-state index contributed by atoms with van der Waals surface area (Å²) >= 11 is 0. The van der Waals surface area contributed by atoms with E-state index in [2.05, 4.69) is 18.4 Å². The second-order valence-corrected chi connectivity index (χ2v) is 7.40. The first-order valence-corrected chi connectivity index (χ1v) is 8.94. The molecule has 1 N–H and O–H groups in total. The van der Waals surface area contributed by atoms with Crippen molar-refractivity contribution >= 4 is 5.78 Å². The van der Waals surface area contributed by atoms with Crippen LogP contribution in [0.3, 0.4) is 0 Å². The number of phenolic OH excluding ortho intramolecular Hbond substituents is 1. The molecule has 1 aromatic rings. The van der Waals surface area contributed by atoms with Gasteiger partial charge in [-0.25, -0.2) is 0 Å². The predicted molar refractivity (Wildman–Crippen MR) is 92.5 cm³/mol. The van der Waals surface area contributed by atoms with Gasteiger partial charge in [-0.1, -0.05) is 26.0 Å². The highest BCUT2D eigenvalue weighted by Crippen LogP contribution is 2.60. The normalized spacial score (nSPS) is 33.7. The Hall–Kier alpha value is -1.81. The van der Waals surface area contributed by atoms with Gasteiger partial charge in [-0.05, 0) is 36.9 Å². The Bertz CT molecular complexity index is 713. The molecule has 2 aliphatic heterocycles. The van der Waals surface area contributed by atoms with E-state index in [0.717, 1.165) is 31.5 Å². The SMILES string of the molecule is C=CCN1CC[C@]23c4c(ccc(O)c4O[C@H]2C(=O)CC)C[C@@H]1[C@@H]3C. The van der Waals surface area contributed by atoms with E-state index in [-0.39, 0.29) is 16.9 Å². The van der Waals surface area contributed by atoms with Crippen molar-refractivity contribution in [3.8, 4) is 11.5 Å². The highest BCUT2D eigenvalue weighted by molar-refractivity contribution is 5.87. The summed E-state index contributed by atoms with van der Waals surface area (Å²) in [6.07, 6.45) is 3.79. The number of ketones is 1. The molecule has 0 saturated carbocycles. The Morgan fingerprint density at radius 2 is 2.33 bits per heavy atom. The summed E-state index contributed by atoms with van der Waals surface area (Å²) in [6.45, 7) is 9.85. The molecule has 0 unspecified atom stereocenters. The summed E-state index contributed by atoms with van der Waals surface area (Å²) in [6, 6.07) is 4.11. The van der Waals surface area contributed by atoms with Gasteiger partial charge in [0.05, 0.1) is 0 Å². The predicted octanol–water partition coefficient (Wildman–Crippen LogP) is 2.82. The minimum absolute atomic E-state index is 0.140. The molecule has 4 heteroatoms. The van der Waals surface area contributed by atoms with Crippen LogP contribution in [0.2, 0.25) is 0 Å². The molecule has 1 aromatic carbocycles. The third-order valence-corrected chi connectivity index (χ3v) is 6.50. The maximum Gasteiger partial charge on any atom is 0.173 e. The van der Waals surface area contributed by atoms with Crippen LogP contribution in [0.15, 0.2) is 24.8 Å². The van der Waals surface area contributed by atoms with Crippen LogP contribution in [0.4, 0.5) is 0 Å². The van der Waals surface area contributed by atoms with E-state index in [9.17, 15) is 9.90 Å². The largest absolute Gasteiger partial charge is 0.504 e. The molecule has 3 aliphatic rings. The zero-order chi connectivity index (χ0) is 17.1. The minimum Gasteiger partial charge on any atom is -0.504 e. The average molecular weight is 327 g/mol. The molecule has 4 nitrogen and oxygen atoms in total. The van der Waals surface area contributed by atoms with Gasteiger partial charge in [0.15, 0.2) is 23.4 Å². The molecule has 4 rings (SSSR count). The number of aromatic hydroxyl groups is 1. The Balaban J connectivity index is 1.91. The van der Waals surface area contributed by atoms with Crippen LogP contribution in [0.1, 0.15) is 37.8 Å². The first kappa shape index (κ1) is 15.7. The monoisotopic (exact) mass is 327 g/mol. The van der Waals surface area contributed by atoms with Crippen LogP contribution in [-0.4, -0.2) is 41.0 Å². The quantitative estimate of drug-likeness (QED) is 0.864. The topological polar surface area (TPSA) is 49.8 Å². The third kappa shape index (κ3) is 1.80. The highest BCUT2D eigenvalue weighted by atomic mass is 16.5. The average Bonchev–Trinajstić information content (AvgIpc) is 2.92. The molecule has 0 aromatic heterocycles. The van der Waals surface area contributed by atoms with E-state index in [1.165, 1.54) is 5.56 Å². The van der Waals surface area contributed by atoms with E-state index in [4.69, 9.17) is 4.74 Å². The van der Waals surface area contributed by atoms with Gasteiger partial charge in [-0.3, -0.25) is 9.69 Å². The van der Waals surface area contributed by atoms with Gasteiger partial charge in [0.2, 0.25) is 0 Å². The number of hydrogen-bond acceptors (Lipinski definition) is 4. The lowest BCUT2D eigenvalue weighted by atomic mass is 9.55. The number of ether oxygens (including phenoxy) is 1. The van der Waals surface area contributed by atoms with Gasteiger partial charge in [0, 0.05) is 30.0 Å². The summed E-state index contributed by atoms with van der Waals surface area (Å²) < 4.78 is 6.12. The second kappa shape index (κ2) is 5.35. The van der Waals surface area contributed by atoms with E-state index in [1.807, 2.05) is 19.1 Å². The molecule has 0 radical (unpaired) electrons. The van der Waals surface area contributed by atoms with Gasteiger partial charge in [0.1, 0.15) is 0 Å². The van der Waals surface area contributed by atoms with Crippen molar-refractivity contribution in [3.63, 3.8) is 0 Å². The Morgan fingerprint density at radius 1 is 1.54 bits per heavy atom. The number of piperidine rings is 1. The molecule has 1 fully saturated rings. The molecule has 4 atom stereocenters. The van der Waals surface area contributed by atoms with Crippen molar-refractivity contribution in [1.82, 2.24) is 4.90 Å². The maximum absolute atomic E-state index is 12.7. The third-order valence-electron chi connectivity index (χ3n) is 6.50. The van der Waals surface area contributed by atoms with Crippen molar-refractivity contribution in [3.05, 3.63) is 35.9 Å². The van der Waals surface area contributed by atoms with Gasteiger partial charge in [-0.2, -0.15) is 0 Å². The number of hydrogen-bond donors (Lipinski definition) is 1. The lowest BCUT2D eigenvalue weighted by Crippen LogP contribution is -2.63. The minimum atomic E-state index is -0.465. The zero-order valence-electron chi connectivity index (χ0n) is 14.4. The molecule has 24 heavy (non-hydrogen) atoms. The molecule has 2 heterocycles. The van der Waals surface area contributed by atoms with Crippen LogP contribution in [0.25, 0.3) is 0 Å². The molecule has 1 saturated heterocycles. The number of fused-ring (bicyclic) bond motifs is 1. The van der Waals surface area contributed by atoms with Gasteiger partial charge in [0.25, 0.3) is 0 Å². The van der Waals surface area contributed by atoms with Crippen LogP contribution in [0, 0.1) is 5.92 Å². The van der Waals surface area contributed by atoms with E-state index >= 15 is 0 Å². The van der Waals surface area contributed by atoms with E-state index < -0.39 is 6.10 Å². The first-order chi connectivity index (χ1) is 11.5. The van der Waals surface area contributed by atoms with Crippen LogP contribution in [0.5, 0.6) is 11.5 Å². The molecule has 128 valence electrons. The standard InChI is InChI=1S/C20H25NO3/c1-4-9-21-10-8-20-12(3)14(21)11-13-6-7-16(23)18(17(13)20)24-19(20)15(22)5-2/h4,6-7,12,14,19,23H,1,5,8-11H2,2-3H3/t12-,14+,19-,20-/m0/s1. The second-order valence-electron chi connectivity index (χ2n) is 7.40. The maximum atomic E-state index is 12.7. The molecule has 1 aliphatic carbocycles. The van der Waals surface area contributed by atoms with Crippen molar-refractivity contribution in [2.24, 2.45) is 5.92 Å². The number of nitrogens with zero attached hydrogens (tertiary/aromatic N) is 1. The fraction of sp³-hybridized carbons (Fsp3) is 0.550. The summed E-state index contributed by atoms with van der Waals surface area (Å²) in [4.78, 5) is 15.2. The van der Waals surface area contributed by atoms with Crippen molar-refractivity contribution in [2.45, 2.75) is 50.7 Å². The van der Waals surface area contributed by atoms with E-state index in [0.29, 0.717) is 24.1 Å². The van der Waals surface area contributed by atoms with Crippen LogP contribution in [-0.2, 0) is 16.6 Å². The first-order valence-electron chi connectivity index (χ1n) is 8.94. The Morgan fingerprint density at radius 3 is 3.04 bits per heavy atom. The van der Waals surface area contributed by atoms with Crippen LogP contribution >= 0.6 is 0 Å². The highest BCUT2D eigenvalue weighted by Gasteiger charge is 2.62. The Kier molecular flexibility index (Phi) is 3.50. The van der Waals surface area contributed by atoms with Crippen molar-refractivity contribution in [1.29, 1.82) is 0 Å². The zero-order valence-corrected chi connectivity index (χ0v) is 14.4. The lowest BCUT2D eigenvalue weighted by molar-refractivity contribution is -0.131. The number of likely N-dealkylation sites (tertiary alicyclic amines) is 1. The number of rotatable bonds is 4. The molecule has 1 spiro atoms. The summed E-state index contributed by atoms with van der Waals surface area (Å²) in [5.74, 6) is 1.17. The number of carbonyl (C=O) groups excluding carboxylic acids is 1. The fourth-order valence-corrected chi connectivity index (χ4v) is 5.33. The molecular weight excluding hydrogens is 302 g/mol. The summed E-state index contributed by atoms with van der Waals surface area (Å²) in [5.41, 5.74) is 2.04. The van der Waals surface area contributed by atoms with Gasteiger partial charge in [-0.15, -0.1) is 6.58 Å². The van der Waals surface area contributed by atoms with Gasteiger partial charge < -0.3 is 9.84 Å².